The maximum Gasteiger partial charge on any atom is 0.235 e. The van der Waals surface area contributed by atoms with Crippen LogP contribution in [0.15, 0.2) is 55.1 Å². The summed E-state index contributed by atoms with van der Waals surface area (Å²) in [5.41, 5.74) is 5.25. The number of sulfonamides is 1. The quantitative estimate of drug-likeness (QED) is 0.486. The molecule has 5 rings (SSSR count). The summed E-state index contributed by atoms with van der Waals surface area (Å²) in [5.74, 6) is 0. The molecule has 0 atom stereocenters. The fourth-order valence-electron chi connectivity index (χ4n) is 3.66. The maximum absolute atomic E-state index is 12.5. The third kappa shape index (κ3) is 3.37. The van der Waals surface area contributed by atoms with Crippen molar-refractivity contribution in [3.05, 3.63) is 60.7 Å². The van der Waals surface area contributed by atoms with Crippen LogP contribution in [0.4, 0.5) is 5.69 Å². The number of rotatable bonds is 6. The van der Waals surface area contributed by atoms with Crippen molar-refractivity contribution in [1.82, 2.24) is 19.7 Å². The monoisotopic (exact) mass is 421 g/mol. The second kappa shape index (κ2) is 7.28. The largest absolute Gasteiger partial charge is 0.344 e. The minimum Gasteiger partial charge on any atom is -0.344 e. The second-order valence-corrected chi connectivity index (χ2v) is 9.68. The molecule has 2 N–H and O–H groups in total. The first-order valence-electron chi connectivity index (χ1n) is 10.2. The Labute approximate surface area is 175 Å². The fourth-order valence-corrected chi connectivity index (χ4v) is 5.26. The van der Waals surface area contributed by atoms with Crippen LogP contribution in [0, 0.1) is 0 Å². The van der Waals surface area contributed by atoms with Crippen molar-refractivity contribution in [3.63, 3.8) is 0 Å². The minimum absolute atomic E-state index is 0.295. The van der Waals surface area contributed by atoms with Gasteiger partial charge in [0.1, 0.15) is 5.65 Å². The molecule has 3 aromatic heterocycles. The Morgan fingerprint density at radius 1 is 1.17 bits per heavy atom. The van der Waals surface area contributed by atoms with Crippen LogP contribution in [0.1, 0.15) is 31.7 Å². The lowest BCUT2D eigenvalue weighted by Gasteiger charge is -2.25. The molecule has 0 bridgehead atoms. The number of hydrogen-bond donors (Lipinski definition) is 2. The van der Waals surface area contributed by atoms with Crippen molar-refractivity contribution in [2.75, 3.05) is 4.72 Å². The summed E-state index contributed by atoms with van der Waals surface area (Å²) in [7, 11) is -3.37. The number of nitrogens with zero attached hydrogens (tertiary/aromatic N) is 3. The summed E-state index contributed by atoms with van der Waals surface area (Å²) in [4.78, 5) is 7.51. The fraction of sp³-hybridized carbons (Fsp3) is 0.273. The van der Waals surface area contributed by atoms with Gasteiger partial charge in [0, 0.05) is 35.1 Å². The minimum atomic E-state index is -3.37. The first-order valence-corrected chi connectivity index (χ1v) is 11.7. The van der Waals surface area contributed by atoms with Crippen molar-refractivity contribution < 1.29 is 8.42 Å². The first kappa shape index (κ1) is 18.9. The standard InChI is InChI=1S/C22H23N5O2S/c1-2-15-6-8-18(9-7-15)27-14-17(12-25-27)16-10-20-21(13-24-22(20)23-11-16)26-30(28,29)19-4-3-5-19/h6-14,19,26H,2-5H2,1H3,(H,23,24). The van der Waals surface area contributed by atoms with Crippen molar-refractivity contribution in [2.24, 2.45) is 0 Å². The van der Waals surface area contributed by atoms with Gasteiger partial charge in [-0.2, -0.15) is 5.10 Å². The van der Waals surface area contributed by atoms with Gasteiger partial charge in [-0.3, -0.25) is 4.72 Å². The Balaban J connectivity index is 1.45. The molecule has 1 aromatic carbocycles. The summed E-state index contributed by atoms with van der Waals surface area (Å²) < 4.78 is 29.6. The molecule has 4 aromatic rings. The van der Waals surface area contributed by atoms with Crippen LogP contribution in [0.5, 0.6) is 0 Å². The Bertz CT molecular complexity index is 1300. The van der Waals surface area contributed by atoms with Gasteiger partial charge in [-0.25, -0.2) is 18.1 Å². The number of nitrogens with one attached hydrogen (secondary N) is 2. The third-order valence-electron chi connectivity index (χ3n) is 5.80. The van der Waals surface area contributed by atoms with Crippen LogP contribution in [0.25, 0.3) is 27.8 Å². The van der Waals surface area contributed by atoms with Crippen molar-refractivity contribution >= 4 is 26.7 Å². The predicted molar refractivity (Wildman–Crippen MR) is 118 cm³/mol. The SMILES string of the molecule is CCc1ccc(-n2cc(-c3cnc4[nH]cc(NS(=O)(=O)C5CCC5)c4c3)cn2)cc1. The number of aromatic nitrogens is 4. The predicted octanol–water partition coefficient (Wildman–Crippen LogP) is 4.27. The summed E-state index contributed by atoms with van der Waals surface area (Å²) in [5, 5.41) is 4.93. The van der Waals surface area contributed by atoms with Crippen LogP contribution >= 0.6 is 0 Å². The Hall–Kier alpha value is -3.13. The summed E-state index contributed by atoms with van der Waals surface area (Å²) >= 11 is 0. The average molecular weight is 422 g/mol. The number of anilines is 1. The van der Waals surface area contributed by atoms with Crippen molar-refractivity contribution in [2.45, 2.75) is 37.9 Å². The molecule has 3 heterocycles. The van der Waals surface area contributed by atoms with Crippen molar-refractivity contribution in [1.29, 1.82) is 0 Å². The van der Waals surface area contributed by atoms with Crippen LogP contribution in [0.2, 0.25) is 0 Å². The lowest BCUT2D eigenvalue weighted by Crippen LogP contribution is -2.33. The number of pyridine rings is 1. The molecule has 1 fully saturated rings. The smallest absolute Gasteiger partial charge is 0.235 e. The van der Waals surface area contributed by atoms with Crippen LogP contribution in [-0.4, -0.2) is 33.4 Å². The number of aryl methyl sites for hydroxylation is 1. The Kier molecular flexibility index (Phi) is 4.58. The van der Waals surface area contributed by atoms with Crippen LogP contribution < -0.4 is 4.72 Å². The molecule has 1 aliphatic rings. The number of hydrogen-bond acceptors (Lipinski definition) is 4. The number of benzene rings is 1. The molecular weight excluding hydrogens is 398 g/mol. The van der Waals surface area contributed by atoms with E-state index in [-0.39, 0.29) is 5.25 Å². The number of aromatic amines is 1. The van der Waals surface area contributed by atoms with Crippen molar-refractivity contribution in [3.8, 4) is 16.8 Å². The molecule has 8 heteroatoms. The van der Waals surface area contributed by atoms with Gasteiger partial charge in [-0.05, 0) is 43.0 Å². The summed E-state index contributed by atoms with van der Waals surface area (Å²) in [6.45, 7) is 2.13. The molecule has 7 nitrogen and oxygen atoms in total. The van der Waals surface area contributed by atoms with E-state index >= 15 is 0 Å². The molecule has 30 heavy (non-hydrogen) atoms. The first-order chi connectivity index (χ1) is 14.5. The highest BCUT2D eigenvalue weighted by Crippen LogP contribution is 2.31. The van der Waals surface area contributed by atoms with Gasteiger partial charge in [-0.1, -0.05) is 25.5 Å². The molecule has 0 radical (unpaired) electrons. The van der Waals surface area contributed by atoms with E-state index in [1.54, 1.807) is 18.6 Å². The molecule has 0 aliphatic heterocycles. The molecule has 0 spiro atoms. The Morgan fingerprint density at radius 3 is 2.67 bits per heavy atom. The zero-order valence-electron chi connectivity index (χ0n) is 16.7. The Morgan fingerprint density at radius 2 is 1.97 bits per heavy atom. The zero-order chi connectivity index (χ0) is 20.7. The second-order valence-electron chi connectivity index (χ2n) is 7.72. The van der Waals surface area contributed by atoms with Gasteiger partial charge < -0.3 is 4.98 Å². The van der Waals surface area contributed by atoms with E-state index in [4.69, 9.17) is 0 Å². The van der Waals surface area contributed by atoms with Gasteiger partial charge in [0.2, 0.25) is 10.0 Å². The zero-order valence-corrected chi connectivity index (χ0v) is 17.5. The van der Waals surface area contributed by atoms with E-state index in [0.717, 1.165) is 47.9 Å². The third-order valence-corrected chi connectivity index (χ3v) is 7.65. The molecule has 0 unspecified atom stereocenters. The molecule has 1 saturated carbocycles. The van der Waals surface area contributed by atoms with E-state index in [2.05, 4.69) is 51.0 Å². The normalized spacial score (nSPS) is 14.7. The van der Waals surface area contributed by atoms with Gasteiger partial charge in [0.15, 0.2) is 0 Å². The van der Waals surface area contributed by atoms with Gasteiger partial charge in [-0.15, -0.1) is 0 Å². The molecule has 0 amide bonds. The molecule has 1 aliphatic carbocycles. The average Bonchev–Trinajstić information content (AvgIpc) is 3.33. The summed E-state index contributed by atoms with van der Waals surface area (Å²) in [6, 6.07) is 10.3. The molecule has 154 valence electrons. The van der Waals surface area contributed by atoms with Gasteiger partial charge >= 0.3 is 0 Å². The van der Waals surface area contributed by atoms with E-state index in [1.807, 2.05) is 16.9 Å². The van der Waals surface area contributed by atoms with Crippen LogP contribution in [-0.2, 0) is 16.4 Å². The van der Waals surface area contributed by atoms with Crippen LogP contribution in [0.3, 0.4) is 0 Å². The van der Waals surface area contributed by atoms with E-state index in [1.165, 1.54) is 5.56 Å². The molecule has 0 saturated heterocycles. The van der Waals surface area contributed by atoms with Gasteiger partial charge in [0.25, 0.3) is 0 Å². The lowest BCUT2D eigenvalue weighted by atomic mass is 10.0. The number of H-pyrrole nitrogens is 1. The topological polar surface area (TPSA) is 92.7 Å². The van der Waals surface area contributed by atoms with E-state index < -0.39 is 10.0 Å². The number of fused-ring (bicyclic) bond motifs is 1. The highest BCUT2D eigenvalue weighted by molar-refractivity contribution is 7.93. The highest BCUT2D eigenvalue weighted by Gasteiger charge is 2.31. The van der Waals surface area contributed by atoms with E-state index in [9.17, 15) is 8.42 Å². The maximum atomic E-state index is 12.5. The lowest BCUT2D eigenvalue weighted by molar-refractivity contribution is 0.480. The van der Waals surface area contributed by atoms with E-state index in [0.29, 0.717) is 11.3 Å². The summed E-state index contributed by atoms with van der Waals surface area (Å²) in [6.07, 6.45) is 10.6. The molecular formula is C22H23N5O2S. The van der Waals surface area contributed by atoms with Gasteiger partial charge in [0.05, 0.1) is 22.8 Å². The highest BCUT2D eigenvalue weighted by atomic mass is 32.2.